The first-order valence-corrected chi connectivity index (χ1v) is 7.82. The highest BCUT2D eigenvalue weighted by atomic mass is 79.9. The third-order valence-corrected chi connectivity index (χ3v) is 5.05. The van der Waals surface area contributed by atoms with E-state index in [1.165, 1.54) is 6.07 Å². The van der Waals surface area contributed by atoms with E-state index in [9.17, 15) is 17.2 Å². The average molecular weight is 362 g/mol. The van der Waals surface area contributed by atoms with Crippen molar-refractivity contribution in [3.05, 3.63) is 58.1 Å². The van der Waals surface area contributed by atoms with Crippen LogP contribution in [0.2, 0.25) is 0 Å². The molecule has 106 valence electrons. The molecule has 2 rings (SSSR count). The van der Waals surface area contributed by atoms with E-state index in [1.807, 2.05) is 0 Å². The average Bonchev–Trinajstić information content (AvgIpc) is 2.37. The van der Waals surface area contributed by atoms with Crippen molar-refractivity contribution in [2.45, 2.75) is 11.8 Å². The lowest BCUT2D eigenvalue weighted by Crippen LogP contribution is -2.15. The van der Waals surface area contributed by atoms with Crippen LogP contribution in [0.3, 0.4) is 0 Å². The number of aryl methyl sites for hydroxylation is 1. The zero-order valence-electron chi connectivity index (χ0n) is 10.3. The minimum atomic E-state index is -4.20. The third kappa shape index (κ3) is 2.99. The highest BCUT2D eigenvalue weighted by molar-refractivity contribution is 9.10. The lowest BCUT2D eigenvalue weighted by molar-refractivity contribution is 0.555. The number of benzene rings is 2. The van der Waals surface area contributed by atoms with Gasteiger partial charge in [0, 0.05) is 4.47 Å². The number of rotatable bonds is 3. The molecule has 0 aromatic heterocycles. The van der Waals surface area contributed by atoms with Gasteiger partial charge in [-0.1, -0.05) is 12.1 Å². The molecule has 2 aromatic rings. The molecule has 0 radical (unpaired) electrons. The summed E-state index contributed by atoms with van der Waals surface area (Å²) in [4.78, 5) is -0.731. The normalized spacial score (nSPS) is 11.4. The zero-order valence-corrected chi connectivity index (χ0v) is 12.7. The Hall–Kier alpha value is -1.47. The van der Waals surface area contributed by atoms with Gasteiger partial charge in [-0.2, -0.15) is 0 Å². The summed E-state index contributed by atoms with van der Waals surface area (Å²) in [5, 5.41) is 0. The summed E-state index contributed by atoms with van der Waals surface area (Å²) >= 11 is 3.24. The Bertz CT molecular complexity index is 763. The van der Waals surface area contributed by atoms with Crippen LogP contribution in [-0.2, 0) is 10.0 Å². The predicted molar refractivity (Wildman–Crippen MR) is 76.0 cm³/mol. The molecule has 0 atom stereocenters. The zero-order chi connectivity index (χ0) is 14.9. The first-order valence-electron chi connectivity index (χ1n) is 5.54. The lowest BCUT2D eigenvalue weighted by atomic mass is 10.2. The maximum Gasteiger partial charge on any atom is 0.264 e. The van der Waals surface area contributed by atoms with Gasteiger partial charge in [-0.25, -0.2) is 17.2 Å². The van der Waals surface area contributed by atoms with Gasteiger partial charge in [0.1, 0.15) is 16.5 Å². The molecule has 0 aliphatic heterocycles. The van der Waals surface area contributed by atoms with Gasteiger partial charge in [0.2, 0.25) is 0 Å². The van der Waals surface area contributed by atoms with Crippen molar-refractivity contribution in [2.75, 3.05) is 4.72 Å². The fraction of sp³-hybridized carbons (Fsp3) is 0.0769. The number of hydrogen-bond acceptors (Lipinski definition) is 2. The largest absolute Gasteiger partial charge is 0.278 e. The summed E-state index contributed by atoms with van der Waals surface area (Å²) in [5.74, 6) is -1.84. The molecule has 0 aliphatic carbocycles. The van der Waals surface area contributed by atoms with Gasteiger partial charge in [0.05, 0.1) is 5.69 Å². The van der Waals surface area contributed by atoms with Crippen LogP contribution in [0.1, 0.15) is 5.56 Å². The van der Waals surface area contributed by atoms with Gasteiger partial charge >= 0.3 is 0 Å². The molecular weight excluding hydrogens is 352 g/mol. The van der Waals surface area contributed by atoms with E-state index >= 15 is 0 Å². The molecule has 0 heterocycles. The van der Waals surface area contributed by atoms with E-state index in [1.54, 1.807) is 19.1 Å². The smallest absolute Gasteiger partial charge is 0.264 e. The summed E-state index contributed by atoms with van der Waals surface area (Å²) < 4.78 is 53.6. The number of anilines is 1. The summed E-state index contributed by atoms with van der Waals surface area (Å²) in [5.41, 5.74) is 1.07. The topological polar surface area (TPSA) is 46.2 Å². The van der Waals surface area contributed by atoms with E-state index in [2.05, 4.69) is 20.7 Å². The molecule has 0 amide bonds. The second-order valence-corrected chi connectivity index (χ2v) is 6.56. The number of sulfonamides is 1. The minimum Gasteiger partial charge on any atom is -0.278 e. The van der Waals surface area contributed by atoms with Crippen molar-refractivity contribution in [3.63, 3.8) is 0 Å². The third-order valence-electron chi connectivity index (χ3n) is 2.62. The SMILES string of the molecule is Cc1cccc(NS(=O)(=O)c2cc(F)ccc2F)c1Br. The van der Waals surface area contributed by atoms with Crippen molar-refractivity contribution in [1.82, 2.24) is 0 Å². The van der Waals surface area contributed by atoms with Crippen molar-refractivity contribution in [2.24, 2.45) is 0 Å². The Morgan fingerprint density at radius 1 is 1.15 bits per heavy atom. The highest BCUT2D eigenvalue weighted by Crippen LogP contribution is 2.28. The quantitative estimate of drug-likeness (QED) is 0.902. The van der Waals surface area contributed by atoms with Crippen LogP contribution in [0.15, 0.2) is 45.8 Å². The van der Waals surface area contributed by atoms with Crippen LogP contribution >= 0.6 is 15.9 Å². The Morgan fingerprint density at radius 2 is 1.85 bits per heavy atom. The fourth-order valence-electron chi connectivity index (χ4n) is 1.61. The highest BCUT2D eigenvalue weighted by Gasteiger charge is 2.21. The van der Waals surface area contributed by atoms with Gasteiger partial charge in [0.25, 0.3) is 10.0 Å². The summed E-state index contributed by atoms with van der Waals surface area (Å²) in [6.45, 7) is 1.78. The van der Waals surface area contributed by atoms with E-state index < -0.39 is 26.6 Å². The van der Waals surface area contributed by atoms with Crippen molar-refractivity contribution in [3.8, 4) is 0 Å². The Kier molecular flexibility index (Phi) is 4.10. The minimum absolute atomic E-state index is 0.258. The van der Waals surface area contributed by atoms with Crippen LogP contribution in [0.25, 0.3) is 0 Å². The molecule has 0 unspecified atom stereocenters. The molecule has 1 N–H and O–H groups in total. The van der Waals surface area contributed by atoms with E-state index in [-0.39, 0.29) is 5.69 Å². The maximum atomic E-state index is 13.6. The first-order chi connectivity index (χ1) is 9.31. The summed E-state index contributed by atoms with van der Waals surface area (Å²) in [6.07, 6.45) is 0. The van der Waals surface area contributed by atoms with Crippen molar-refractivity contribution < 1.29 is 17.2 Å². The van der Waals surface area contributed by atoms with Gasteiger partial charge in [-0.15, -0.1) is 0 Å². The molecule has 0 saturated heterocycles. The number of hydrogen-bond donors (Lipinski definition) is 1. The molecule has 7 heteroatoms. The molecule has 0 aliphatic rings. The number of halogens is 3. The standard InChI is InChI=1S/C13H10BrF2NO2S/c1-8-3-2-4-11(13(8)14)17-20(18,19)12-7-9(15)5-6-10(12)16/h2-7,17H,1H3. The van der Waals surface area contributed by atoms with Crippen LogP contribution < -0.4 is 4.72 Å². The molecule has 0 bridgehead atoms. The molecule has 0 spiro atoms. The summed E-state index contributed by atoms with van der Waals surface area (Å²) in [6, 6.07) is 7.23. The Labute approximate surface area is 123 Å². The molecule has 2 aromatic carbocycles. The second kappa shape index (κ2) is 5.49. The molecule has 0 fully saturated rings. The molecule has 20 heavy (non-hydrogen) atoms. The van der Waals surface area contributed by atoms with Crippen LogP contribution in [0.4, 0.5) is 14.5 Å². The second-order valence-electron chi connectivity index (χ2n) is 4.12. The van der Waals surface area contributed by atoms with Crippen molar-refractivity contribution in [1.29, 1.82) is 0 Å². The van der Waals surface area contributed by atoms with Crippen LogP contribution in [0.5, 0.6) is 0 Å². The molecular formula is C13H10BrF2NO2S. The van der Waals surface area contributed by atoms with E-state index in [4.69, 9.17) is 0 Å². The summed E-state index contributed by atoms with van der Waals surface area (Å²) in [7, 11) is -4.20. The predicted octanol–water partition coefficient (Wildman–Crippen LogP) is 3.84. The van der Waals surface area contributed by atoms with Gasteiger partial charge in [0.15, 0.2) is 0 Å². The Balaban J connectivity index is 2.46. The lowest BCUT2D eigenvalue weighted by Gasteiger charge is -2.11. The van der Waals surface area contributed by atoms with Crippen molar-refractivity contribution >= 4 is 31.6 Å². The fourth-order valence-corrected chi connectivity index (χ4v) is 3.27. The van der Waals surface area contributed by atoms with Crippen LogP contribution in [0, 0.1) is 18.6 Å². The monoisotopic (exact) mass is 361 g/mol. The van der Waals surface area contributed by atoms with E-state index in [0.717, 1.165) is 17.7 Å². The Morgan fingerprint density at radius 3 is 2.55 bits per heavy atom. The van der Waals surface area contributed by atoms with Crippen LogP contribution in [-0.4, -0.2) is 8.42 Å². The van der Waals surface area contributed by atoms with Gasteiger partial charge < -0.3 is 0 Å². The van der Waals surface area contributed by atoms with Gasteiger partial charge in [-0.3, -0.25) is 4.72 Å². The maximum absolute atomic E-state index is 13.6. The van der Waals surface area contributed by atoms with Gasteiger partial charge in [-0.05, 0) is 52.7 Å². The molecule has 0 saturated carbocycles. The van der Waals surface area contributed by atoms with E-state index in [0.29, 0.717) is 10.5 Å². The molecule has 3 nitrogen and oxygen atoms in total. The number of nitrogens with one attached hydrogen (secondary N) is 1. The first kappa shape index (κ1) is 14.9.